The van der Waals surface area contributed by atoms with Crippen LogP contribution in [0.1, 0.15) is 0 Å². The number of benzene rings is 1. The van der Waals surface area contributed by atoms with Crippen LogP contribution >= 0.6 is 28.3 Å². The Balaban J connectivity index is 0.00000289. The normalized spacial score (nSPS) is 10.9. The van der Waals surface area contributed by atoms with Crippen LogP contribution in [0, 0.1) is 0 Å². The van der Waals surface area contributed by atoms with E-state index >= 15 is 0 Å². The topological polar surface area (TPSA) is 75.4 Å². The van der Waals surface area contributed by atoms with Gasteiger partial charge < -0.3 is 10.6 Å². The summed E-state index contributed by atoms with van der Waals surface area (Å²) in [5.74, 6) is 0. The molecule has 0 aliphatic rings. The smallest absolute Gasteiger partial charge is 0.241 e. The third-order valence-electron chi connectivity index (χ3n) is 2.16. The van der Waals surface area contributed by atoms with Crippen LogP contribution in [-0.4, -0.2) is 35.6 Å². The van der Waals surface area contributed by atoms with E-state index in [4.69, 9.17) is 5.73 Å². The number of sulfonamides is 1. The standard InChI is InChI=1S/C10H16BrN3O2S.ClH/c1-14(2)8-3-4-9(11)10(7-8)17(15,16)13-6-5-12;/h3-4,7,13H,5-6,12H2,1-2H3;1H. The lowest BCUT2D eigenvalue weighted by molar-refractivity contribution is 0.581. The molecule has 0 amide bonds. The van der Waals surface area contributed by atoms with Crippen LogP contribution in [0.4, 0.5) is 5.69 Å². The van der Waals surface area contributed by atoms with E-state index in [2.05, 4.69) is 20.7 Å². The molecule has 1 aromatic rings. The van der Waals surface area contributed by atoms with Crippen molar-refractivity contribution in [3.05, 3.63) is 22.7 Å². The van der Waals surface area contributed by atoms with Crippen LogP contribution in [0.3, 0.4) is 0 Å². The van der Waals surface area contributed by atoms with Crippen molar-refractivity contribution in [2.75, 3.05) is 32.1 Å². The SMILES string of the molecule is CN(C)c1ccc(Br)c(S(=O)(=O)NCCN)c1.Cl. The summed E-state index contributed by atoms with van der Waals surface area (Å²) in [5, 5.41) is 0. The van der Waals surface area contributed by atoms with Gasteiger partial charge in [0.05, 0.1) is 4.90 Å². The molecule has 18 heavy (non-hydrogen) atoms. The predicted octanol–water partition coefficient (Wildman–Crippen LogP) is 1.17. The van der Waals surface area contributed by atoms with Gasteiger partial charge in [0.2, 0.25) is 10.0 Å². The van der Waals surface area contributed by atoms with E-state index in [0.717, 1.165) is 5.69 Å². The first kappa shape index (κ1) is 17.7. The fraction of sp³-hybridized carbons (Fsp3) is 0.400. The second kappa shape index (κ2) is 7.30. The quantitative estimate of drug-likeness (QED) is 0.828. The molecule has 5 nitrogen and oxygen atoms in total. The van der Waals surface area contributed by atoms with Gasteiger partial charge in [0.1, 0.15) is 0 Å². The highest BCUT2D eigenvalue weighted by Crippen LogP contribution is 2.26. The van der Waals surface area contributed by atoms with E-state index in [-0.39, 0.29) is 30.4 Å². The summed E-state index contributed by atoms with van der Waals surface area (Å²) >= 11 is 3.24. The van der Waals surface area contributed by atoms with Crippen LogP contribution in [0.15, 0.2) is 27.6 Å². The van der Waals surface area contributed by atoms with E-state index in [9.17, 15) is 8.42 Å². The molecule has 0 aliphatic heterocycles. The van der Waals surface area contributed by atoms with Gasteiger partial charge in [-0.1, -0.05) is 0 Å². The van der Waals surface area contributed by atoms with E-state index in [1.54, 1.807) is 12.1 Å². The first-order chi connectivity index (χ1) is 7.88. The predicted molar refractivity (Wildman–Crippen MR) is 80.0 cm³/mol. The molecule has 1 aromatic carbocycles. The molecule has 0 saturated carbocycles. The van der Waals surface area contributed by atoms with Gasteiger partial charge in [0.15, 0.2) is 0 Å². The highest BCUT2D eigenvalue weighted by atomic mass is 79.9. The minimum atomic E-state index is -3.51. The molecule has 0 atom stereocenters. The molecule has 0 saturated heterocycles. The molecule has 0 unspecified atom stereocenters. The first-order valence-electron chi connectivity index (χ1n) is 5.05. The summed E-state index contributed by atoms with van der Waals surface area (Å²) in [7, 11) is 0.196. The maximum atomic E-state index is 12.0. The van der Waals surface area contributed by atoms with Crippen molar-refractivity contribution >= 4 is 44.0 Å². The molecular formula is C10H17BrClN3O2S. The summed E-state index contributed by atoms with van der Waals surface area (Å²) in [5.41, 5.74) is 6.10. The fourth-order valence-electron chi connectivity index (χ4n) is 1.25. The Morgan fingerprint density at radius 3 is 2.50 bits per heavy atom. The molecule has 0 radical (unpaired) electrons. The van der Waals surface area contributed by atoms with Crippen molar-refractivity contribution < 1.29 is 8.42 Å². The third kappa shape index (κ3) is 4.40. The number of nitrogens with two attached hydrogens (primary N) is 1. The summed E-state index contributed by atoms with van der Waals surface area (Å²) in [6.45, 7) is 0.491. The molecule has 0 aromatic heterocycles. The highest BCUT2D eigenvalue weighted by Gasteiger charge is 2.17. The number of nitrogens with one attached hydrogen (secondary N) is 1. The number of hydrogen-bond donors (Lipinski definition) is 2. The Bertz CT molecular complexity index is 494. The van der Waals surface area contributed by atoms with Crippen molar-refractivity contribution in [1.82, 2.24) is 4.72 Å². The van der Waals surface area contributed by atoms with Gasteiger partial charge in [-0.25, -0.2) is 13.1 Å². The van der Waals surface area contributed by atoms with E-state index < -0.39 is 10.0 Å². The maximum Gasteiger partial charge on any atom is 0.241 e. The minimum absolute atomic E-state index is 0. The number of hydrogen-bond acceptors (Lipinski definition) is 4. The average Bonchev–Trinajstić information content (AvgIpc) is 2.26. The van der Waals surface area contributed by atoms with Gasteiger partial charge in [-0.2, -0.15) is 0 Å². The second-order valence-corrected chi connectivity index (χ2v) is 6.29. The molecule has 0 heterocycles. The minimum Gasteiger partial charge on any atom is -0.378 e. The van der Waals surface area contributed by atoms with Gasteiger partial charge in [-0.3, -0.25) is 0 Å². The van der Waals surface area contributed by atoms with Crippen LogP contribution in [0.2, 0.25) is 0 Å². The Hall–Kier alpha value is -0.340. The Labute approximate surface area is 122 Å². The van der Waals surface area contributed by atoms with Crippen molar-refractivity contribution in [2.45, 2.75) is 4.90 Å². The molecular weight excluding hydrogens is 342 g/mol. The summed E-state index contributed by atoms with van der Waals surface area (Å²) in [6.07, 6.45) is 0. The lowest BCUT2D eigenvalue weighted by Gasteiger charge is -2.15. The fourth-order valence-corrected chi connectivity index (χ4v) is 3.28. The lowest BCUT2D eigenvalue weighted by atomic mass is 10.3. The van der Waals surface area contributed by atoms with E-state index in [1.165, 1.54) is 0 Å². The second-order valence-electron chi connectivity index (χ2n) is 3.70. The zero-order valence-electron chi connectivity index (χ0n) is 10.2. The number of nitrogens with zero attached hydrogens (tertiary/aromatic N) is 1. The number of anilines is 1. The number of halogens is 2. The molecule has 1 rings (SSSR count). The van der Waals surface area contributed by atoms with Gasteiger partial charge in [0, 0.05) is 37.3 Å². The highest BCUT2D eigenvalue weighted by molar-refractivity contribution is 9.10. The third-order valence-corrected chi connectivity index (χ3v) is 4.61. The largest absolute Gasteiger partial charge is 0.378 e. The molecule has 3 N–H and O–H groups in total. The molecule has 0 spiro atoms. The Morgan fingerprint density at radius 1 is 1.39 bits per heavy atom. The zero-order valence-corrected chi connectivity index (χ0v) is 13.4. The van der Waals surface area contributed by atoms with Gasteiger partial charge in [-0.05, 0) is 34.1 Å². The number of rotatable bonds is 5. The first-order valence-corrected chi connectivity index (χ1v) is 7.32. The summed E-state index contributed by atoms with van der Waals surface area (Å²) in [6, 6.07) is 5.17. The van der Waals surface area contributed by atoms with Gasteiger partial charge in [-0.15, -0.1) is 12.4 Å². The van der Waals surface area contributed by atoms with Crippen molar-refractivity contribution in [2.24, 2.45) is 5.73 Å². The Morgan fingerprint density at radius 2 is 2.00 bits per heavy atom. The van der Waals surface area contributed by atoms with Crippen LogP contribution < -0.4 is 15.4 Å². The summed E-state index contributed by atoms with van der Waals surface area (Å²) < 4.78 is 26.9. The zero-order chi connectivity index (χ0) is 13.1. The van der Waals surface area contributed by atoms with Crippen LogP contribution in [0.25, 0.3) is 0 Å². The molecule has 104 valence electrons. The Kier molecular flexibility index (Phi) is 7.16. The molecule has 0 fully saturated rings. The van der Waals surface area contributed by atoms with Crippen molar-refractivity contribution in [1.29, 1.82) is 0 Å². The average molecular weight is 359 g/mol. The van der Waals surface area contributed by atoms with Gasteiger partial charge in [0.25, 0.3) is 0 Å². The molecule has 0 aliphatic carbocycles. The molecule has 0 bridgehead atoms. The van der Waals surface area contributed by atoms with Crippen molar-refractivity contribution in [3.8, 4) is 0 Å². The lowest BCUT2D eigenvalue weighted by Crippen LogP contribution is -2.29. The van der Waals surface area contributed by atoms with Gasteiger partial charge >= 0.3 is 0 Å². The molecule has 8 heteroatoms. The van der Waals surface area contributed by atoms with Crippen LogP contribution in [-0.2, 0) is 10.0 Å². The van der Waals surface area contributed by atoms with E-state index in [0.29, 0.717) is 4.47 Å². The van der Waals surface area contributed by atoms with Crippen LogP contribution in [0.5, 0.6) is 0 Å². The monoisotopic (exact) mass is 357 g/mol. The maximum absolute atomic E-state index is 12.0. The summed E-state index contributed by atoms with van der Waals surface area (Å²) in [4.78, 5) is 2.06. The van der Waals surface area contributed by atoms with Crippen molar-refractivity contribution in [3.63, 3.8) is 0 Å². The van der Waals surface area contributed by atoms with E-state index in [1.807, 2.05) is 25.1 Å².